The number of nitrogens with zero attached hydrogens (tertiary/aromatic N) is 1. The van der Waals surface area contributed by atoms with E-state index in [1.54, 1.807) is 0 Å². The van der Waals surface area contributed by atoms with E-state index < -0.39 is 21.9 Å². The molecule has 0 aromatic heterocycles. The van der Waals surface area contributed by atoms with Crippen LogP contribution in [0.5, 0.6) is 0 Å². The lowest BCUT2D eigenvalue weighted by atomic mass is 9.81. The second-order valence-electron chi connectivity index (χ2n) is 4.46. The third kappa shape index (κ3) is 2.92. The minimum Gasteiger partial charge on any atom is -0.481 e. The zero-order valence-electron chi connectivity index (χ0n) is 9.91. The van der Waals surface area contributed by atoms with Gasteiger partial charge in [0.1, 0.15) is 0 Å². The quantitative estimate of drug-likeness (QED) is 0.844. The molecule has 1 aromatic rings. The van der Waals surface area contributed by atoms with Gasteiger partial charge in [0.25, 0.3) is 0 Å². The van der Waals surface area contributed by atoms with Crippen LogP contribution in [0, 0.1) is 17.2 Å². The molecule has 100 valence electrons. The van der Waals surface area contributed by atoms with Crippen LogP contribution in [0.15, 0.2) is 29.2 Å². The topological polar surface area (TPSA) is 107 Å². The van der Waals surface area contributed by atoms with Crippen molar-refractivity contribution in [3.8, 4) is 6.07 Å². The standard InChI is InChI=1S/C12H12N2O4S/c13-7-8-2-1-3-11(4-8)19(17,18)14-10-5-9(6-10)12(15)16/h1-4,9-10,14H,5-6H2,(H,15,16). The van der Waals surface area contributed by atoms with E-state index in [9.17, 15) is 13.2 Å². The number of nitriles is 1. The molecule has 1 aliphatic rings. The van der Waals surface area contributed by atoms with Crippen molar-refractivity contribution in [2.75, 3.05) is 0 Å². The van der Waals surface area contributed by atoms with Crippen LogP contribution in [-0.2, 0) is 14.8 Å². The van der Waals surface area contributed by atoms with Gasteiger partial charge in [-0.3, -0.25) is 4.79 Å². The second kappa shape index (κ2) is 4.99. The van der Waals surface area contributed by atoms with Gasteiger partial charge in [0.15, 0.2) is 0 Å². The van der Waals surface area contributed by atoms with E-state index in [1.807, 2.05) is 6.07 Å². The highest BCUT2D eigenvalue weighted by Gasteiger charge is 2.36. The average molecular weight is 280 g/mol. The normalized spacial score (nSPS) is 22.3. The first-order valence-electron chi connectivity index (χ1n) is 5.67. The summed E-state index contributed by atoms with van der Waals surface area (Å²) in [5, 5.41) is 17.5. The molecule has 7 heteroatoms. The number of hydrogen-bond donors (Lipinski definition) is 2. The number of hydrogen-bond acceptors (Lipinski definition) is 4. The molecule has 0 amide bonds. The Morgan fingerprint density at radius 2 is 2.11 bits per heavy atom. The Hall–Kier alpha value is -1.91. The minimum atomic E-state index is -3.70. The predicted molar refractivity (Wildman–Crippen MR) is 65.6 cm³/mol. The fourth-order valence-corrected chi connectivity index (χ4v) is 3.24. The summed E-state index contributed by atoms with van der Waals surface area (Å²) in [6.07, 6.45) is 0.596. The number of rotatable bonds is 4. The van der Waals surface area contributed by atoms with E-state index in [2.05, 4.69) is 4.72 Å². The monoisotopic (exact) mass is 280 g/mol. The van der Waals surface area contributed by atoms with E-state index in [0.717, 1.165) is 0 Å². The van der Waals surface area contributed by atoms with Crippen molar-refractivity contribution in [1.82, 2.24) is 4.72 Å². The van der Waals surface area contributed by atoms with Gasteiger partial charge in [-0.2, -0.15) is 5.26 Å². The van der Waals surface area contributed by atoms with Gasteiger partial charge in [-0.15, -0.1) is 0 Å². The summed E-state index contributed by atoms with van der Waals surface area (Å²) in [5.74, 6) is -1.37. The molecule has 0 saturated heterocycles. The highest BCUT2D eigenvalue weighted by molar-refractivity contribution is 7.89. The van der Waals surface area contributed by atoms with Crippen LogP contribution in [0.1, 0.15) is 18.4 Å². The number of aliphatic carboxylic acids is 1. The molecule has 0 radical (unpaired) electrons. The third-order valence-corrected chi connectivity index (χ3v) is 4.60. The van der Waals surface area contributed by atoms with Gasteiger partial charge in [0.05, 0.1) is 22.4 Å². The number of carboxylic acids is 1. The number of benzene rings is 1. The summed E-state index contributed by atoms with van der Waals surface area (Å²) in [6, 6.07) is 7.22. The van der Waals surface area contributed by atoms with E-state index in [1.165, 1.54) is 24.3 Å². The van der Waals surface area contributed by atoms with Crippen molar-refractivity contribution in [2.45, 2.75) is 23.8 Å². The maximum Gasteiger partial charge on any atom is 0.306 e. The fraction of sp³-hybridized carbons (Fsp3) is 0.333. The Balaban J connectivity index is 2.07. The molecule has 0 bridgehead atoms. The SMILES string of the molecule is N#Cc1cccc(S(=O)(=O)NC2CC(C(=O)O)C2)c1. The van der Waals surface area contributed by atoms with Crippen molar-refractivity contribution >= 4 is 16.0 Å². The Bertz CT molecular complexity index is 642. The van der Waals surface area contributed by atoms with E-state index in [-0.39, 0.29) is 16.5 Å². The molecule has 2 N–H and O–H groups in total. The molecule has 6 nitrogen and oxygen atoms in total. The van der Waals surface area contributed by atoms with E-state index >= 15 is 0 Å². The largest absolute Gasteiger partial charge is 0.481 e. The molecule has 19 heavy (non-hydrogen) atoms. The molecule has 1 aromatic carbocycles. The number of sulfonamides is 1. The maximum absolute atomic E-state index is 12.0. The molecule has 0 heterocycles. The molecule has 0 aliphatic heterocycles. The smallest absolute Gasteiger partial charge is 0.306 e. The zero-order chi connectivity index (χ0) is 14.0. The average Bonchev–Trinajstić information content (AvgIpc) is 2.33. The Morgan fingerprint density at radius 3 is 2.68 bits per heavy atom. The highest BCUT2D eigenvalue weighted by atomic mass is 32.2. The van der Waals surface area contributed by atoms with Gasteiger partial charge in [-0.25, -0.2) is 13.1 Å². The predicted octanol–water partition coefficient (Wildman–Crippen LogP) is 0.700. The summed E-state index contributed by atoms with van der Waals surface area (Å²) in [7, 11) is -3.70. The molecular weight excluding hydrogens is 268 g/mol. The second-order valence-corrected chi connectivity index (χ2v) is 6.18. The lowest BCUT2D eigenvalue weighted by Gasteiger charge is -2.32. The number of carbonyl (C=O) groups is 1. The van der Waals surface area contributed by atoms with Crippen molar-refractivity contribution in [2.24, 2.45) is 5.92 Å². The van der Waals surface area contributed by atoms with Crippen molar-refractivity contribution in [3.05, 3.63) is 29.8 Å². The number of carboxylic acid groups (broad SMARTS) is 1. The first-order valence-corrected chi connectivity index (χ1v) is 7.16. The molecule has 2 rings (SSSR count). The van der Waals surface area contributed by atoms with Crippen molar-refractivity contribution in [3.63, 3.8) is 0 Å². The van der Waals surface area contributed by atoms with Crippen molar-refractivity contribution < 1.29 is 18.3 Å². The molecule has 1 fully saturated rings. The third-order valence-electron chi connectivity index (χ3n) is 3.08. The molecule has 1 saturated carbocycles. The van der Waals surface area contributed by atoms with Gasteiger partial charge in [0, 0.05) is 6.04 Å². The lowest BCUT2D eigenvalue weighted by molar-refractivity contribution is -0.145. The summed E-state index contributed by atoms with van der Waals surface area (Å²) in [4.78, 5) is 10.7. The summed E-state index contributed by atoms with van der Waals surface area (Å²) >= 11 is 0. The van der Waals surface area contributed by atoms with Crippen LogP contribution in [0.25, 0.3) is 0 Å². The van der Waals surface area contributed by atoms with Crippen LogP contribution in [0.4, 0.5) is 0 Å². The van der Waals surface area contributed by atoms with Gasteiger partial charge in [-0.05, 0) is 31.0 Å². The Kier molecular flexibility index (Phi) is 3.55. The minimum absolute atomic E-state index is 0.0188. The Morgan fingerprint density at radius 1 is 1.42 bits per heavy atom. The van der Waals surface area contributed by atoms with Crippen molar-refractivity contribution in [1.29, 1.82) is 5.26 Å². The number of nitrogens with one attached hydrogen (secondary N) is 1. The van der Waals surface area contributed by atoms with Crippen LogP contribution in [0.2, 0.25) is 0 Å². The summed E-state index contributed by atoms with van der Waals surface area (Å²) in [6.45, 7) is 0. The molecule has 0 spiro atoms. The molecule has 0 atom stereocenters. The van der Waals surface area contributed by atoms with Crippen LogP contribution in [-0.4, -0.2) is 25.5 Å². The maximum atomic E-state index is 12.0. The van der Waals surface area contributed by atoms with Gasteiger partial charge >= 0.3 is 5.97 Å². The summed E-state index contributed by atoms with van der Waals surface area (Å²) in [5.41, 5.74) is 0.264. The van der Waals surface area contributed by atoms with Crippen LogP contribution >= 0.6 is 0 Å². The van der Waals surface area contributed by atoms with E-state index in [4.69, 9.17) is 10.4 Å². The molecular formula is C12H12N2O4S. The van der Waals surface area contributed by atoms with Crippen LogP contribution in [0.3, 0.4) is 0 Å². The van der Waals surface area contributed by atoms with Gasteiger partial charge in [0.2, 0.25) is 10.0 Å². The lowest BCUT2D eigenvalue weighted by Crippen LogP contribution is -2.46. The fourth-order valence-electron chi connectivity index (χ4n) is 1.94. The van der Waals surface area contributed by atoms with Crippen LogP contribution < -0.4 is 4.72 Å². The van der Waals surface area contributed by atoms with Gasteiger partial charge < -0.3 is 5.11 Å². The highest BCUT2D eigenvalue weighted by Crippen LogP contribution is 2.28. The van der Waals surface area contributed by atoms with Gasteiger partial charge in [-0.1, -0.05) is 6.07 Å². The first kappa shape index (κ1) is 13.5. The summed E-state index contributed by atoms with van der Waals surface area (Å²) < 4.78 is 26.5. The zero-order valence-corrected chi connectivity index (χ0v) is 10.7. The molecule has 0 unspecified atom stereocenters. The molecule has 1 aliphatic carbocycles. The first-order chi connectivity index (χ1) is 8.92. The Labute approximate surface area is 110 Å². The van der Waals surface area contributed by atoms with E-state index in [0.29, 0.717) is 12.8 Å².